The van der Waals surface area contributed by atoms with Gasteiger partial charge in [0, 0.05) is 18.6 Å². The molecule has 3 heteroatoms. The summed E-state index contributed by atoms with van der Waals surface area (Å²) in [6.07, 6.45) is 8.33. The fraction of sp³-hybridized carbons (Fsp3) is 1.00. The lowest BCUT2D eigenvalue weighted by Crippen LogP contribution is -2.55. The van der Waals surface area contributed by atoms with Gasteiger partial charge in [0.15, 0.2) is 0 Å². The average molecular weight is 252 g/mol. The number of ether oxygens (including phenoxy) is 1. The Morgan fingerprint density at radius 1 is 1.22 bits per heavy atom. The Morgan fingerprint density at radius 2 is 2.11 bits per heavy atom. The summed E-state index contributed by atoms with van der Waals surface area (Å²) in [5, 5.41) is 0. The maximum atomic E-state index is 6.52. The van der Waals surface area contributed by atoms with Crippen molar-refractivity contribution in [1.82, 2.24) is 4.90 Å². The summed E-state index contributed by atoms with van der Waals surface area (Å²) in [5.41, 5.74) is 6.52. The first-order chi connectivity index (χ1) is 8.74. The predicted octanol–water partition coefficient (Wildman–Crippen LogP) is 2.00. The zero-order valence-electron chi connectivity index (χ0n) is 11.7. The van der Waals surface area contributed by atoms with Gasteiger partial charge in [-0.1, -0.05) is 19.8 Å². The number of rotatable bonds is 2. The second-order valence-electron chi connectivity index (χ2n) is 6.77. The molecule has 5 atom stereocenters. The molecule has 1 saturated carbocycles. The van der Waals surface area contributed by atoms with Crippen molar-refractivity contribution in [2.45, 2.75) is 63.6 Å². The third kappa shape index (κ3) is 2.59. The second-order valence-corrected chi connectivity index (χ2v) is 6.77. The minimum atomic E-state index is 0.259. The summed E-state index contributed by atoms with van der Waals surface area (Å²) in [6, 6.07) is 0.952. The lowest BCUT2D eigenvalue weighted by atomic mass is 9.77. The molecule has 0 spiro atoms. The van der Waals surface area contributed by atoms with Gasteiger partial charge in [-0.05, 0) is 44.1 Å². The largest absolute Gasteiger partial charge is 0.374 e. The Kier molecular flexibility index (Phi) is 3.92. The third-order valence-electron chi connectivity index (χ3n) is 5.37. The van der Waals surface area contributed by atoms with Crippen LogP contribution >= 0.6 is 0 Å². The van der Waals surface area contributed by atoms with Gasteiger partial charge in [0.2, 0.25) is 0 Å². The molecule has 3 fully saturated rings. The van der Waals surface area contributed by atoms with Gasteiger partial charge < -0.3 is 10.5 Å². The first-order valence-corrected chi connectivity index (χ1v) is 7.85. The number of nitrogens with zero attached hydrogens (tertiary/aromatic N) is 1. The van der Waals surface area contributed by atoms with Gasteiger partial charge in [-0.3, -0.25) is 4.90 Å². The van der Waals surface area contributed by atoms with E-state index in [-0.39, 0.29) is 12.1 Å². The van der Waals surface area contributed by atoms with E-state index in [1.807, 2.05) is 0 Å². The SMILES string of the molecule is CC1CCCC(C(N)C2CN3CCCC3CO2)C1. The molecule has 0 amide bonds. The molecule has 0 radical (unpaired) electrons. The lowest BCUT2D eigenvalue weighted by Gasteiger charge is -2.41. The van der Waals surface area contributed by atoms with Crippen molar-refractivity contribution < 1.29 is 4.74 Å². The first-order valence-electron chi connectivity index (χ1n) is 7.85. The Hall–Kier alpha value is -0.120. The van der Waals surface area contributed by atoms with Crippen LogP contribution in [0.5, 0.6) is 0 Å². The molecular weight excluding hydrogens is 224 g/mol. The Balaban J connectivity index is 1.57. The highest BCUT2D eigenvalue weighted by Crippen LogP contribution is 2.33. The maximum Gasteiger partial charge on any atom is 0.0856 e. The van der Waals surface area contributed by atoms with Crippen LogP contribution in [0.1, 0.15) is 45.4 Å². The van der Waals surface area contributed by atoms with Crippen molar-refractivity contribution >= 4 is 0 Å². The lowest BCUT2D eigenvalue weighted by molar-refractivity contribution is -0.0702. The van der Waals surface area contributed by atoms with Gasteiger partial charge >= 0.3 is 0 Å². The molecule has 0 aromatic heterocycles. The van der Waals surface area contributed by atoms with E-state index in [9.17, 15) is 0 Å². The van der Waals surface area contributed by atoms with Gasteiger partial charge in [0.05, 0.1) is 12.7 Å². The van der Waals surface area contributed by atoms with Crippen LogP contribution in [0.4, 0.5) is 0 Å². The Morgan fingerprint density at radius 3 is 2.94 bits per heavy atom. The van der Waals surface area contributed by atoms with E-state index < -0.39 is 0 Å². The molecule has 2 saturated heterocycles. The van der Waals surface area contributed by atoms with Gasteiger partial charge in [-0.2, -0.15) is 0 Å². The molecule has 104 valence electrons. The minimum Gasteiger partial charge on any atom is -0.374 e. The van der Waals surface area contributed by atoms with Gasteiger partial charge in [-0.15, -0.1) is 0 Å². The van der Waals surface area contributed by atoms with Crippen LogP contribution in [0.2, 0.25) is 0 Å². The Labute approximate surface area is 111 Å². The quantitative estimate of drug-likeness (QED) is 0.817. The Bertz CT molecular complexity index is 284. The second kappa shape index (κ2) is 5.48. The van der Waals surface area contributed by atoms with E-state index >= 15 is 0 Å². The predicted molar refractivity (Wildman–Crippen MR) is 73.4 cm³/mol. The highest BCUT2D eigenvalue weighted by molar-refractivity contribution is 4.92. The van der Waals surface area contributed by atoms with Gasteiger partial charge in [0.1, 0.15) is 0 Å². The summed E-state index contributed by atoms with van der Waals surface area (Å²) in [7, 11) is 0. The smallest absolute Gasteiger partial charge is 0.0856 e. The number of hydrogen-bond donors (Lipinski definition) is 1. The van der Waals surface area contributed by atoms with Crippen molar-refractivity contribution in [3.05, 3.63) is 0 Å². The highest BCUT2D eigenvalue weighted by Gasteiger charge is 2.37. The molecule has 3 nitrogen and oxygen atoms in total. The van der Waals surface area contributed by atoms with E-state index in [2.05, 4.69) is 11.8 Å². The first kappa shape index (κ1) is 12.9. The van der Waals surface area contributed by atoms with E-state index in [0.717, 1.165) is 19.1 Å². The van der Waals surface area contributed by atoms with Crippen molar-refractivity contribution in [3.8, 4) is 0 Å². The molecule has 2 N–H and O–H groups in total. The van der Waals surface area contributed by atoms with E-state index in [1.165, 1.54) is 45.1 Å². The van der Waals surface area contributed by atoms with Crippen molar-refractivity contribution in [3.63, 3.8) is 0 Å². The van der Waals surface area contributed by atoms with Crippen LogP contribution in [-0.2, 0) is 4.74 Å². The monoisotopic (exact) mass is 252 g/mol. The van der Waals surface area contributed by atoms with Crippen LogP contribution in [0.15, 0.2) is 0 Å². The molecule has 3 aliphatic rings. The zero-order valence-corrected chi connectivity index (χ0v) is 11.7. The van der Waals surface area contributed by atoms with E-state index in [1.54, 1.807) is 0 Å². The van der Waals surface area contributed by atoms with E-state index in [0.29, 0.717) is 12.0 Å². The molecule has 2 heterocycles. The van der Waals surface area contributed by atoms with E-state index in [4.69, 9.17) is 10.5 Å². The number of hydrogen-bond acceptors (Lipinski definition) is 3. The molecule has 1 aliphatic carbocycles. The molecule has 3 rings (SSSR count). The highest BCUT2D eigenvalue weighted by atomic mass is 16.5. The molecule has 0 bridgehead atoms. The zero-order chi connectivity index (χ0) is 12.5. The summed E-state index contributed by atoms with van der Waals surface area (Å²) in [4.78, 5) is 2.61. The standard InChI is InChI=1S/C15H28N2O/c1-11-4-2-5-12(8-11)15(16)14-9-17-7-3-6-13(17)10-18-14/h11-15H,2-10,16H2,1H3. The number of morpholine rings is 1. The fourth-order valence-electron chi connectivity index (χ4n) is 4.21. The minimum absolute atomic E-state index is 0.259. The summed E-state index contributed by atoms with van der Waals surface area (Å²) >= 11 is 0. The normalized spacial score (nSPS) is 43.7. The molecular formula is C15H28N2O. The molecule has 0 aromatic rings. The van der Waals surface area contributed by atoms with Gasteiger partial charge in [0.25, 0.3) is 0 Å². The third-order valence-corrected chi connectivity index (χ3v) is 5.37. The molecule has 0 aromatic carbocycles. The summed E-state index contributed by atoms with van der Waals surface area (Å²) < 4.78 is 6.08. The van der Waals surface area contributed by atoms with Gasteiger partial charge in [-0.25, -0.2) is 0 Å². The fourth-order valence-corrected chi connectivity index (χ4v) is 4.21. The maximum absolute atomic E-state index is 6.52. The van der Waals surface area contributed by atoms with Crippen molar-refractivity contribution in [2.24, 2.45) is 17.6 Å². The molecule has 5 unspecified atom stereocenters. The molecule has 18 heavy (non-hydrogen) atoms. The number of nitrogens with two attached hydrogens (primary N) is 1. The van der Waals surface area contributed by atoms with Crippen LogP contribution in [0.25, 0.3) is 0 Å². The van der Waals surface area contributed by atoms with Crippen LogP contribution < -0.4 is 5.73 Å². The topological polar surface area (TPSA) is 38.5 Å². The summed E-state index contributed by atoms with van der Waals surface area (Å²) in [6.45, 7) is 5.63. The van der Waals surface area contributed by atoms with Crippen LogP contribution in [-0.4, -0.2) is 42.8 Å². The van der Waals surface area contributed by atoms with Crippen molar-refractivity contribution in [1.29, 1.82) is 0 Å². The average Bonchev–Trinajstić information content (AvgIpc) is 2.85. The summed E-state index contributed by atoms with van der Waals surface area (Å²) in [5.74, 6) is 1.55. The van der Waals surface area contributed by atoms with Crippen LogP contribution in [0.3, 0.4) is 0 Å². The van der Waals surface area contributed by atoms with Crippen LogP contribution in [0, 0.1) is 11.8 Å². The van der Waals surface area contributed by atoms with Crippen molar-refractivity contribution in [2.75, 3.05) is 19.7 Å². The molecule has 2 aliphatic heterocycles. The number of fused-ring (bicyclic) bond motifs is 1.